The van der Waals surface area contributed by atoms with Crippen molar-refractivity contribution in [3.8, 4) is 44.5 Å². The fourth-order valence-electron chi connectivity index (χ4n) is 10.1. The van der Waals surface area contributed by atoms with Gasteiger partial charge in [-0.2, -0.15) is 0 Å². The topological polar surface area (TPSA) is 13.1 Å². The summed E-state index contributed by atoms with van der Waals surface area (Å²) in [5.41, 5.74) is 18.7. The lowest BCUT2D eigenvalue weighted by Gasteiger charge is -2.24. The van der Waals surface area contributed by atoms with E-state index in [0.717, 1.165) is 21.9 Å². The van der Waals surface area contributed by atoms with Crippen LogP contribution < -0.4 is 27.3 Å². The summed E-state index contributed by atoms with van der Waals surface area (Å²) in [4.78, 5) is 0. The highest BCUT2D eigenvalue weighted by Crippen LogP contribution is 2.48. The van der Waals surface area contributed by atoms with Crippen molar-refractivity contribution in [2.45, 2.75) is 0 Å². The minimum Gasteiger partial charge on any atom is -0.456 e. The monoisotopic (exact) mass is 732 g/mol. The van der Waals surface area contributed by atoms with Crippen LogP contribution in [0.2, 0.25) is 0 Å². The first-order valence-electron chi connectivity index (χ1n) is 20.4. The van der Waals surface area contributed by atoms with E-state index in [-0.39, 0.29) is 0 Å². The molecular weight excluding hydrogens is 695 g/mol. The molecule has 1 heterocycles. The van der Waals surface area contributed by atoms with Crippen molar-refractivity contribution < 1.29 is 4.42 Å². The first kappa shape index (κ1) is 34.6. The number of benzene rings is 10. The van der Waals surface area contributed by atoms with Crippen LogP contribution in [0.15, 0.2) is 168 Å². The molecule has 0 spiro atoms. The Morgan fingerprint density at radius 1 is 0.276 bits per heavy atom. The van der Waals surface area contributed by atoms with Gasteiger partial charge in [0.05, 0.1) is 0 Å². The molecule has 0 unspecified atom stereocenters. The van der Waals surface area contributed by atoms with Gasteiger partial charge in [-0.3, -0.25) is 0 Å². The second-order valence-electron chi connectivity index (χ2n) is 16.0. The van der Waals surface area contributed by atoms with Gasteiger partial charge in [0.25, 0.3) is 0 Å². The van der Waals surface area contributed by atoms with Crippen LogP contribution in [0.3, 0.4) is 0 Å². The summed E-state index contributed by atoms with van der Waals surface area (Å²) >= 11 is 0. The maximum atomic E-state index is 6.74. The Kier molecular flexibility index (Phi) is 7.88. The van der Waals surface area contributed by atoms with Crippen LogP contribution in [-0.2, 0) is 0 Å². The molecule has 0 N–H and O–H groups in total. The fraction of sp³-hybridized carbons (Fsp3) is 0. The Morgan fingerprint density at radius 3 is 1.22 bits per heavy atom. The number of hydrogen-bond donors (Lipinski definition) is 0. The summed E-state index contributed by atoms with van der Waals surface area (Å²) in [6.07, 6.45) is 0. The molecular formula is C52H37B5O. The lowest BCUT2D eigenvalue weighted by molar-refractivity contribution is 0.669. The van der Waals surface area contributed by atoms with Crippen LogP contribution in [0.4, 0.5) is 0 Å². The van der Waals surface area contributed by atoms with E-state index in [2.05, 4.69) is 203 Å². The van der Waals surface area contributed by atoms with Crippen molar-refractivity contribution in [3.63, 3.8) is 0 Å². The van der Waals surface area contributed by atoms with Crippen molar-refractivity contribution in [2.75, 3.05) is 0 Å². The molecule has 0 radical (unpaired) electrons. The minimum absolute atomic E-state index is 0.891. The van der Waals surface area contributed by atoms with Gasteiger partial charge < -0.3 is 4.42 Å². The number of fused-ring (bicyclic) bond motifs is 7. The van der Waals surface area contributed by atoms with Crippen LogP contribution in [0.1, 0.15) is 0 Å². The molecule has 0 fully saturated rings. The third-order valence-corrected chi connectivity index (χ3v) is 13.2. The summed E-state index contributed by atoms with van der Waals surface area (Å²) < 4.78 is 6.74. The summed E-state index contributed by atoms with van der Waals surface area (Å²) in [7, 11) is 11.4. The molecule has 0 saturated heterocycles. The third kappa shape index (κ3) is 4.97. The average Bonchev–Trinajstić information content (AvgIpc) is 3.65. The summed E-state index contributed by atoms with van der Waals surface area (Å²) in [5.74, 6) is 0. The maximum absolute atomic E-state index is 6.74. The molecule has 11 aromatic rings. The van der Waals surface area contributed by atoms with Gasteiger partial charge in [0.15, 0.2) is 0 Å². The first-order valence-corrected chi connectivity index (χ1v) is 20.4. The summed E-state index contributed by atoms with van der Waals surface area (Å²) in [6, 6.07) is 60.0. The average molecular weight is 732 g/mol. The predicted octanol–water partition coefficient (Wildman–Crippen LogP) is 6.16. The maximum Gasteiger partial charge on any atom is 0.139 e. The molecule has 0 atom stereocenters. The van der Waals surface area contributed by atoms with Crippen molar-refractivity contribution in [1.29, 1.82) is 0 Å². The van der Waals surface area contributed by atoms with Crippen molar-refractivity contribution in [2.24, 2.45) is 0 Å². The van der Waals surface area contributed by atoms with Gasteiger partial charge >= 0.3 is 0 Å². The Labute approximate surface area is 342 Å². The van der Waals surface area contributed by atoms with E-state index in [1.807, 2.05) is 0 Å². The Hall–Kier alpha value is -6.64. The van der Waals surface area contributed by atoms with Crippen LogP contribution in [-0.4, -0.2) is 39.2 Å². The van der Waals surface area contributed by atoms with Crippen LogP contribution in [0.25, 0.3) is 110 Å². The highest BCUT2D eigenvalue weighted by atomic mass is 16.3. The first-order chi connectivity index (χ1) is 28.4. The van der Waals surface area contributed by atoms with Gasteiger partial charge in [-0.05, 0) is 106 Å². The normalized spacial score (nSPS) is 11.8. The molecule has 11 rings (SSSR count). The second kappa shape index (κ2) is 13.2. The van der Waals surface area contributed by atoms with E-state index < -0.39 is 0 Å². The highest BCUT2D eigenvalue weighted by Gasteiger charge is 2.24. The smallest absolute Gasteiger partial charge is 0.139 e. The molecule has 10 aromatic carbocycles. The summed E-state index contributed by atoms with van der Waals surface area (Å²) in [6.45, 7) is 0. The third-order valence-electron chi connectivity index (χ3n) is 13.2. The molecule has 1 aromatic heterocycles. The fourth-order valence-corrected chi connectivity index (χ4v) is 10.1. The zero-order valence-electron chi connectivity index (χ0n) is 33.5. The van der Waals surface area contributed by atoms with E-state index in [4.69, 9.17) is 4.42 Å². The molecule has 0 aliphatic carbocycles. The number of hydrogen-bond acceptors (Lipinski definition) is 1. The Bertz CT molecular complexity index is 3370. The van der Waals surface area contributed by atoms with E-state index in [9.17, 15) is 0 Å². The lowest BCUT2D eigenvalue weighted by atomic mass is 9.59. The van der Waals surface area contributed by atoms with E-state index >= 15 is 0 Å². The quantitative estimate of drug-likeness (QED) is 0.156. The minimum atomic E-state index is 0.891. The lowest BCUT2D eigenvalue weighted by Crippen LogP contribution is -2.55. The zero-order chi connectivity index (χ0) is 39.2. The highest BCUT2D eigenvalue weighted by molar-refractivity contribution is 6.69. The van der Waals surface area contributed by atoms with Crippen LogP contribution >= 0.6 is 0 Å². The van der Waals surface area contributed by atoms with E-state index in [1.54, 1.807) is 0 Å². The van der Waals surface area contributed by atoms with Crippen molar-refractivity contribution in [1.82, 2.24) is 0 Å². The molecule has 58 heavy (non-hydrogen) atoms. The molecule has 0 bridgehead atoms. The van der Waals surface area contributed by atoms with Gasteiger partial charge in [-0.1, -0.05) is 157 Å². The van der Waals surface area contributed by atoms with Crippen molar-refractivity contribution in [3.05, 3.63) is 164 Å². The van der Waals surface area contributed by atoms with Crippen LogP contribution in [0, 0.1) is 0 Å². The predicted molar refractivity (Wildman–Crippen MR) is 266 cm³/mol. The van der Waals surface area contributed by atoms with Gasteiger partial charge in [0, 0.05) is 10.8 Å². The van der Waals surface area contributed by atoms with Gasteiger partial charge in [-0.15, -0.1) is 16.4 Å². The molecule has 0 aliphatic rings. The van der Waals surface area contributed by atoms with Gasteiger partial charge in [0.1, 0.15) is 50.4 Å². The summed E-state index contributed by atoms with van der Waals surface area (Å²) in [5, 5.41) is 12.3. The largest absolute Gasteiger partial charge is 0.456 e. The Balaban J connectivity index is 1.23. The SMILES string of the molecule is Bc1c(B)c(B)c(-c2c3ccccc3c(-c3cccc4oc5ccc(-c6c7ccccc7c(-c7ccccc7)c7ccccc67)cc5c34)c3ccccc23)c(B)c1B. The van der Waals surface area contributed by atoms with Crippen LogP contribution in [0.5, 0.6) is 0 Å². The van der Waals surface area contributed by atoms with Gasteiger partial charge in [-0.25, -0.2) is 0 Å². The molecule has 0 amide bonds. The van der Waals surface area contributed by atoms with Crippen molar-refractivity contribution >= 4 is 132 Å². The standard InChI is InChI=1S/C52H37B5O/c53-48-47(49(54)51(56)52(57)50(48)55)46-36-21-10-8-19-34(36)44(35-20-9-11-22-37(35)46)38-23-12-24-41-45(38)39-27-29(25-26-40(39)58-41)43-32-17-6-4-15-30(32)42(28-13-2-1-3-14-28)31-16-5-7-18-33(31)43/h1-27H,53-57H2. The number of rotatable bonds is 4. The Morgan fingerprint density at radius 2 is 0.707 bits per heavy atom. The number of furan rings is 1. The molecule has 6 heteroatoms. The second-order valence-corrected chi connectivity index (χ2v) is 16.0. The van der Waals surface area contributed by atoms with Gasteiger partial charge in [0.2, 0.25) is 0 Å². The zero-order valence-corrected chi connectivity index (χ0v) is 33.5. The molecule has 0 aliphatic heterocycles. The molecule has 0 saturated carbocycles. The molecule has 266 valence electrons. The molecule has 1 nitrogen and oxygen atoms in total. The van der Waals surface area contributed by atoms with E-state index in [1.165, 1.54) is 115 Å². The van der Waals surface area contributed by atoms with E-state index in [0.29, 0.717) is 0 Å².